The van der Waals surface area contributed by atoms with E-state index in [1.54, 1.807) is 4.90 Å². The Morgan fingerprint density at radius 2 is 2.47 bits per heavy atom. The Morgan fingerprint density at radius 3 is 3.18 bits per heavy atom. The molecule has 2 heterocycles. The fraction of sp³-hybridized carbons (Fsp3) is 0.455. The minimum Gasteiger partial charge on any atom is -0.397 e. The van der Waals surface area contributed by atoms with Crippen LogP contribution < -0.4 is 5.73 Å². The molecule has 0 spiro atoms. The van der Waals surface area contributed by atoms with E-state index in [0.717, 1.165) is 0 Å². The summed E-state index contributed by atoms with van der Waals surface area (Å²) in [6.07, 6.45) is 1.40. The fourth-order valence-corrected chi connectivity index (χ4v) is 1.97. The number of carbonyl (C=O) groups excluding carboxylic acids is 1. The number of anilines is 1. The summed E-state index contributed by atoms with van der Waals surface area (Å²) in [5.41, 5.74) is 6.49. The maximum Gasteiger partial charge on any atom is 0.256 e. The Labute approximate surface area is 105 Å². The molecule has 1 atom stereocenters. The average molecular weight is 256 g/mol. The molecule has 1 amide bonds. The molecule has 1 fully saturated rings. The van der Waals surface area contributed by atoms with Crippen LogP contribution in [0.15, 0.2) is 12.3 Å². The fourth-order valence-electron chi connectivity index (χ4n) is 1.81. The zero-order valence-electron chi connectivity index (χ0n) is 9.52. The van der Waals surface area contributed by atoms with Crippen molar-refractivity contribution < 1.29 is 9.53 Å². The number of pyridine rings is 1. The van der Waals surface area contributed by atoms with Gasteiger partial charge in [0.2, 0.25) is 0 Å². The number of nitrogens with two attached hydrogens (primary N) is 1. The van der Waals surface area contributed by atoms with Crippen LogP contribution in [-0.2, 0) is 4.74 Å². The number of rotatable bonds is 1. The van der Waals surface area contributed by atoms with Gasteiger partial charge in [-0.2, -0.15) is 0 Å². The number of ether oxygens (including phenoxy) is 1. The van der Waals surface area contributed by atoms with Gasteiger partial charge in [-0.05, 0) is 13.0 Å². The van der Waals surface area contributed by atoms with Gasteiger partial charge < -0.3 is 15.4 Å². The Kier molecular flexibility index (Phi) is 3.49. The highest BCUT2D eigenvalue weighted by atomic mass is 35.5. The summed E-state index contributed by atoms with van der Waals surface area (Å²) < 4.78 is 5.29. The van der Waals surface area contributed by atoms with Crippen molar-refractivity contribution >= 4 is 23.2 Å². The zero-order valence-corrected chi connectivity index (χ0v) is 10.3. The first-order valence-corrected chi connectivity index (χ1v) is 5.77. The Balaban J connectivity index is 2.26. The van der Waals surface area contributed by atoms with E-state index >= 15 is 0 Å². The van der Waals surface area contributed by atoms with E-state index in [2.05, 4.69) is 4.98 Å². The number of halogens is 1. The van der Waals surface area contributed by atoms with Gasteiger partial charge in [-0.3, -0.25) is 4.79 Å². The normalized spacial score (nSPS) is 20.4. The highest BCUT2D eigenvalue weighted by molar-refractivity contribution is 6.29. The van der Waals surface area contributed by atoms with Gasteiger partial charge in [0.25, 0.3) is 5.91 Å². The first kappa shape index (κ1) is 12.1. The third-order valence-electron chi connectivity index (χ3n) is 2.76. The Hall–Kier alpha value is -1.33. The van der Waals surface area contributed by atoms with Gasteiger partial charge in [-0.25, -0.2) is 4.98 Å². The molecule has 1 aromatic heterocycles. The summed E-state index contributed by atoms with van der Waals surface area (Å²) >= 11 is 5.77. The van der Waals surface area contributed by atoms with Crippen LogP contribution in [0.5, 0.6) is 0 Å². The van der Waals surface area contributed by atoms with Crippen molar-refractivity contribution in [3.05, 3.63) is 23.0 Å². The molecule has 0 unspecified atom stereocenters. The van der Waals surface area contributed by atoms with Gasteiger partial charge in [0.15, 0.2) is 0 Å². The minimum atomic E-state index is -0.123. The lowest BCUT2D eigenvalue weighted by Gasteiger charge is -2.33. The summed E-state index contributed by atoms with van der Waals surface area (Å²) in [6.45, 7) is 3.61. The molecule has 5 nitrogen and oxygen atoms in total. The van der Waals surface area contributed by atoms with Crippen molar-refractivity contribution in [3.63, 3.8) is 0 Å². The first-order chi connectivity index (χ1) is 8.09. The molecular weight excluding hydrogens is 242 g/mol. The number of aromatic nitrogens is 1. The molecule has 0 aromatic carbocycles. The van der Waals surface area contributed by atoms with Crippen LogP contribution in [0.4, 0.5) is 5.69 Å². The van der Waals surface area contributed by atoms with Crippen molar-refractivity contribution in [1.82, 2.24) is 9.88 Å². The number of morpholine rings is 1. The molecule has 1 aliphatic heterocycles. The smallest absolute Gasteiger partial charge is 0.256 e. The zero-order chi connectivity index (χ0) is 12.4. The maximum atomic E-state index is 12.3. The van der Waals surface area contributed by atoms with E-state index < -0.39 is 0 Å². The third kappa shape index (κ3) is 2.50. The van der Waals surface area contributed by atoms with Gasteiger partial charge in [-0.1, -0.05) is 11.6 Å². The summed E-state index contributed by atoms with van der Waals surface area (Å²) in [5.74, 6) is -0.123. The third-order valence-corrected chi connectivity index (χ3v) is 2.97. The van der Waals surface area contributed by atoms with Crippen molar-refractivity contribution in [2.24, 2.45) is 0 Å². The van der Waals surface area contributed by atoms with Crippen molar-refractivity contribution in [2.45, 2.75) is 13.0 Å². The quantitative estimate of drug-likeness (QED) is 0.765. The van der Waals surface area contributed by atoms with Gasteiger partial charge in [0.1, 0.15) is 5.15 Å². The van der Waals surface area contributed by atoms with E-state index in [1.165, 1.54) is 12.3 Å². The second-order valence-electron chi connectivity index (χ2n) is 4.02. The molecule has 2 N–H and O–H groups in total. The summed E-state index contributed by atoms with van der Waals surface area (Å²) in [5, 5.41) is 0.267. The average Bonchev–Trinajstić information content (AvgIpc) is 2.32. The highest BCUT2D eigenvalue weighted by Crippen LogP contribution is 2.19. The van der Waals surface area contributed by atoms with Crippen LogP contribution in [0.1, 0.15) is 17.3 Å². The maximum absolute atomic E-state index is 12.3. The number of nitrogen functional groups attached to an aromatic ring is 1. The standard InChI is InChI=1S/C11H14ClN3O2/c1-7-6-17-3-2-15(7)11(16)8-4-10(12)14-5-9(8)13/h4-5,7H,2-3,6,13H2,1H3/t7-/m1/s1. The van der Waals surface area contributed by atoms with Gasteiger partial charge in [0, 0.05) is 6.54 Å². The first-order valence-electron chi connectivity index (χ1n) is 5.39. The summed E-state index contributed by atoms with van der Waals surface area (Å²) in [7, 11) is 0. The van der Waals surface area contributed by atoms with E-state index in [-0.39, 0.29) is 17.1 Å². The molecule has 6 heteroatoms. The molecular formula is C11H14ClN3O2. The van der Waals surface area contributed by atoms with Crippen LogP contribution in [0.2, 0.25) is 5.15 Å². The number of hydrogen-bond donors (Lipinski definition) is 1. The second kappa shape index (κ2) is 4.89. The van der Waals surface area contributed by atoms with Crippen molar-refractivity contribution in [3.8, 4) is 0 Å². The minimum absolute atomic E-state index is 0.0441. The lowest BCUT2D eigenvalue weighted by atomic mass is 10.1. The largest absolute Gasteiger partial charge is 0.397 e. The highest BCUT2D eigenvalue weighted by Gasteiger charge is 2.26. The Bertz CT molecular complexity index is 439. The number of nitrogens with zero attached hydrogens (tertiary/aromatic N) is 2. The topological polar surface area (TPSA) is 68.5 Å². The molecule has 92 valence electrons. The molecule has 17 heavy (non-hydrogen) atoms. The number of hydrogen-bond acceptors (Lipinski definition) is 4. The van der Waals surface area contributed by atoms with E-state index in [0.29, 0.717) is 31.0 Å². The monoisotopic (exact) mass is 255 g/mol. The molecule has 0 bridgehead atoms. The molecule has 1 saturated heterocycles. The molecule has 0 aliphatic carbocycles. The van der Waals surface area contributed by atoms with Crippen LogP contribution in [0, 0.1) is 0 Å². The van der Waals surface area contributed by atoms with E-state index in [1.807, 2.05) is 6.92 Å². The van der Waals surface area contributed by atoms with Gasteiger partial charge in [-0.15, -0.1) is 0 Å². The predicted molar refractivity (Wildman–Crippen MR) is 65.0 cm³/mol. The van der Waals surface area contributed by atoms with Crippen molar-refractivity contribution in [2.75, 3.05) is 25.5 Å². The van der Waals surface area contributed by atoms with Crippen LogP contribution in [-0.4, -0.2) is 41.6 Å². The number of carbonyl (C=O) groups is 1. The lowest BCUT2D eigenvalue weighted by Crippen LogP contribution is -2.47. The number of amides is 1. The van der Waals surface area contributed by atoms with Gasteiger partial charge >= 0.3 is 0 Å². The summed E-state index contributed by atoms with van der Waals surface area (Å²) in [6, 6.07) is 1.55. The molecule has 1 aliphatic rings. The summed E-state index contributed by atoms with van der Waals surface area (Å²) in [4.78, 5) is 17.9. The lowest BCUT2D eigenvalue weighted by molar-refractivity contribution is 0.00365. The van der Waals surface area contributed by atoms with Crippen LogP contribution in [0.3, 0.4) is 0 Å². The predicted octanol–water partition coefficient (Wildman–Crippen LogP) is 1.18. The van der Waals surface area contributed by atoms with E-state index in [9.17, 15) is 4.79 Å². The molecule has 0 radical (unpaired) electrons. The van der Waals surface area contributed by atoms with E-state index in [4.69, 9.17) is 22.1 Å². The molecule has 0 saturated carbocycles. The molecule has 1 aromatic rings. The van der Waals surface area contributed by atoms with Crippen LogP contribution in [0.25, 0.3) is 0 Å². The Morgan fingerprint density at radius 1 is 1.71 bits per heavy atom. The van der Waals surface area contributed by atoms with Crippen molar-refractivity contribution in [1.29, 1.82) is 0 Å². The van der Waals surface area contributed by atoms with Crippen LogP contribution >= 0.6 is 11.6 Å². The second-order valence-corrected chi connectivity index (χ2v) is 4.40. The van der Waals surface area contributed by atoms with Gasteiger partial charge in [0.05, 0.1) is 36.7 Å². The SMILES string of the molecule is C[C@@H]1COCCN1C(=O)c1cc(Cl)ncc1N. The molecule has 2 rings (SSSR count).